The molecule has 23 heavy (non-hydrogen) atoms. The molecule has 2 atom stereocenters. The molecule has 1 aromatic carbocycles. The van der Waals surface area contributed by atoms with Crippen molar-refractivity contribution in [3.05, 3.63) is 59.3 Å². The summed E-state index contributed by atoms with van der Waals surface area (Å²) in [6.07, 6.45) is 1.62. The van der Waals surface area contributed by atoms with Crippen LogP contribution in [-0.2, 0) is 6.54 Å². The molecule has 1 fully saturated rings. The third-order valence-electron chi connectivity index (χ3n) is 4.13. The van der Waals surface area contributed by atoms with Crippen LogP contribution < -0.4 is 4.74 Å². The Morgan fingerprint density at radius 2 is 2.13 bits per heavy atom. The summed E-state index contributed by atoms with van der Waals surface area (Å²) in [6.45, 7) is 0.972. The highest BCUT2D eigenvalue weighted by Gasteiger charge is 2.33. The van der Waals surface area contributed by atoms with E-state index in [0.29, 0.717) is 31.0 Å². The number of pyridine rings is 1. The van der Waals surface area contributed by atoms with E-state index in [1.807, 2.05) is 17.0 Å². The molecule has 0 radical (unpaired) electrons. The predicted molar refractivity (Wildman–Crippen MR) is 80.9 cm³/mol. The van der Waals surface area contributed by atoms with Gasteiger partial charge in [-0.1, -0.05) is 12.1 Å². The number of likely N-dealkylation sites (tertiary alicyclic amines) is 1. The van der Waals surface area contributed by atoms with Gasteiger partial charge in [0.15, 0.2) is 11.6 Å². The van der Waals surface area contributed by atoms with Crippen LogP contribution in [0.2, 0.25) is 0 Å². The van der Waals surface area contributed by atoms with Gasteiger partial charge in [0.2, 0.25) is 5.88 Å². The topological polar surface area (TPSA) is 45.6 Å². The largest absolute Gasteiger partial charge is 0.481 e. The summed E-state index contributed by atoms with van der Waals surface area (Å²) in [4.78, 5) is 6.19. The second-order valence-electron chi connectivity index (χ2n) is 5.68. The van der Waals surface area contributed by atoms with Gasteiger partial charge in [-0.2, -0.15) is 0 Å². The van der Waals surface area contributed by atoms with E-state index in [0.717, 1.165) is 11.6 Å². The number of benzene rings is 1. The highest BCUT2D eigenvalue weighted by Crippen LogP contribution is 2.34. The molecular weight excluding hydrogens is 302 g/mol. The monoisotopic (exact) mass is 320 g/mol. The van der Waals surface area contributed by atoms with Crippen molar-refractivity contribution in [2.45, 2.75) is 25.1 Å². The maximum Gasteiger partial charge on any atom is 0.217 e. The molecule has 1 saturated heterocycles. The first-order valence-electron chi connectivity index (χ1n) is 7.43. The minimum Gasteiger partial charge on any atom is -0.481 e. The number of hydrogen-bond donors (Lipinski definition) is 1. The van der Waals surface area contributed by atoms with Gasteiger partial charge in [-0.3, -0.25) is 4.90 Å². The number of rotatable bonds is 4. The molecule has 0 amide bonds. The summed E-state index contributed by atoms with van der Waals surface area (Å²) < 4.78 is 31.9. The van der Waals surface area contributed by atoms with Crippen molar-refractivity contribution in [2.75, 3.05) is 13.7 Å². The number of aliphatic hydroxyl groups is 1. The van der Waals surface area contributed by atoms with Crippen LogP contribution in [0.5, 0.6) is 5.88 Å². The molecule has 2 heterocycles. The molecule has 0 saturated carbocycles. The molecule has 1 aliphatic heterocycles. The predicted octanol–water partition coefficient (Wildman–Crippen LogP) is 2.68. The molecular formula is C17H18F2N2O2. The summed E-state index contributed by atoms with van der Waals surface area (Å²) in [5.41, 5.74) is 1.54. The second-order valence-corrected chi connectivity index (χ2v) is 5.68. The van der Waals surface area contributed by atoms with Gasteiger partial charge in [-0.05, 0) is 30.2 Å². The summed E-state index contributed by atoms with van der Waals surface area (Å²) in [5.74, 6) is -1.21. The average molecular weight is 320 g/mol. The summed E-state index contributed by atoms with van der Waals surface area (Å²) >= 11 is 0. The van der Waals surface area contributed by atoms with Crippen LogP contribution in [0.4, 0.5) is 8.78 Å². The summed E-state index contributed by atoms with van der Waals surface area (Å²) in [5, 5.41) is 10.0. The highest BCUT2D eigenvalue weighted by molar-refractivity contribution is 5.27. The smallest absolute Gasteiger partial charge is 0.217 e. The fraction of sp³-hybridized carbons (Fsp3) is 0.353. The molecule has 1 N–H and O–H groups in total. The van der Waals surface area contributed by atoms with E-state index in [2.05, 4.69) is 4.98 Å². The third-order valence-corrected chi connectivity index (χ3v) is 4.13. The fourth-order valence-corrected chi connectivity index (χ4v) is 3.07. The molecule has 122 valence electrons. The van der Waals surface area contributed by atoms with Gasteiger partial charge in [-0.15, -0.1) is 0 Å². The van der Waals surface area contributed by atoms with Crippen LogP contribution in [0.25, 0.3) is 0 Å². The highest BCUT2D eigenvalue weighted by atomic mass is 19.2. The molecule has 1 aliphatic rings. The minimum absolute atomic E-state index is 0.176. The lowest BCUT2D eigenvalue weighted by molar-refractivity contribution is 0.172. The first kappa shape index (κ1) is 15.8. The van der Waals surface area contributed by atoms with Crippen molar-refractivity contribution in [3.63, 3.8) is 0 Å². The van der Waals surface area contributed by atoms with Crippen LogP contribution in [0.15, 0.2) is 36.5 Å². The number of β-amino-alcohol motifs (C(OH)–C–C–N with tert-alkyl or cyclic N) is 1. The Morgan fingerprint density at radius 3 is 2.87 bits per heavy atom. The lowest BCUT2D eigenvalue weighted by Gasteiger charge is -2.25. The van der Waals surface area contributed by atoms with Gasteiger partial charge in [0.1, 0.15) is 0 Å². The van der Waals surface area contributed by atoms with Crippen molar-refractivity contribution in [3.8, 4) is 5.88 Å². The molecule has 3 rings (SSSR count). The Morgan fingerprint density at radius 1 is 1.30 bits per heavy atom. The Bertz CT molecular complexity index is 696. The minimum atomic E-state index is -0.872. The number of halogens is 2. The molecule has 0 bridgehead atoms. The molecule has 0 unspecified atom stereocenters. The number of ether oxygens (including phenoxy) is 1. The van der Waals surface area contributed by atoms with Crippen LogP contribution in [-0.4, -0.2) is 34.7 Å². The van der Waals surface area contributed by atoms with Gasteiger partial charge < -0.3 is 9.84 Å². The van der Waals surface area contributed by atoms with Gasteiger partial charge >= 0.3 is 0 Å². The maximum absolute atomic E-state index is 13.5. The lowest BCUT2D eigenvalue weighted by Crippen LogP contribution is -2.24. The Labute approximate surface area is 133 Å². The van der Waals surface area contributed by atoms with Gasteiger partial charge in [0.05, 0.1) is 13.2 Å². The molecule has 1 aromatic heterocycles. The second kappa shape index (κ2) is 6.60. The quantitative estimate of drug-likeness (QED) is 0.941. The van der Waals surface area contributed by atoms with Gasteiger partial charge in [0, 0.05) is 30.9 Å². The van der Waals surface area contributed by atoms with Crippen molar-refractivity contribution >= 4 is 0 Å². The maximum atomic E-state index is 13.5. The van der Waals surface area contributed by atoms with Crippen LogP contribution in [0.1, 0.15) is 23.6 Å². The Kier molecular flexibility index (Phi) is 4.54. The zero-order chi connectivity index (χ0) is 16.4. The van der Waals surface area contributed by atoms with Crippen molar-refractivity contribution in [1.29, 1.82) is 0 Å². The van der Waals surface area contributed by atoms with E-state index in [1.165, 1.54) is 6.07 Å². The Hall–Kier alpha value is -2.05. The van der Waals surface area contributed by atoms with Crippen LogP contribution >= 0.6 is 0 Å². The zero-order valence-electron chi connectivity index (χ0n) is 12.7. The number of hydrogen-bond acceptors (Lipinski definition) is 4. The molecule has 0 spiro atoms. The summed E-state index contributed by atoms with van der Waals surface area (Å²) in [6, 6.07) is 7.43. The number of nitrogens with zero attached hydrogens (tertiary/aromatic N) is 2. The van der Waals surface area contributed by atoms with Crippen LogP contribution in [0.3, 0.4) is 0 Å². The number of aliphatic hydroxyl groups excluding tert-OH is 1. The zero-order valence-corrected chi connectivity index (χ0v) is 12.7. The number of aromatic nitrogens is 1. The van der Waals surface area contributed by atoms with Crippen molar-refractivity contribution in [2.24, 2.45) is 0 Å². The fourth-order valence-electron chi connectivity index (χ4n) is 3.07. The molecule has 6 heteroatoms. The van der Waals surface area contributed by atoms with Gasteiger partial charge in [-0.25, -0.2) is 13.8 Å². The van der Waals surface area contributed by atoms with Crippen molar-refractivity contribution in [1.82, 2.24) is 9.88 Å². The lowest BCUT2D eigenvalue weighted by atomic mass is 10.0. The van der Waals surface area contributed by atoms with E-state index in [1.54, 1.807) is 19.4 Å². The molecule has 4 nitrogen and oxygen atoms in total. The van der Waals surface area contributed by atoms with E-state index in [9.17, 15) is 13.9 Å². The Balaban J connectivity index is 1.86. The molecule has 0 aliphatic carbocycles. The third kappa shape index (κ3) is 3.33. The van der Waals surface area contributed by atoms with E-state index >= 15 is 0 Å². The van der Waals surface area contributed by atoms with E-state index in [-0.39, 0.29) is 6.04 Å². The van der Waals surface area contributed by atoms with Crippen molar-refractivity contribution < 1.29 is 18.6 Å². The number of methoxy groups -OCH3 is 1. The van der Waals surface area contributed by atoms with E-state index < -0.39 is 17.7 Å². The first-order valence-corrected chi connectivity index (χ1v) is 7.43. The first-order chi connectivity index (χ1) is 11.1. The average Bonchev–Trinajstić information content (AvgIpc) is 2.91. The van der Waals surface area contributed by atoms with Crippen LogP contribution in [0, 0.1) is 11.6 Å². The summed E-state index contributed by atoms with van der Waals surface area (Å²) in [7, 11) is 1.55. The standard InChI is InChI=1S/C17H18F2N2O2/c1-23-17-12(3-2-6-20-17)9-21-10-13(22)8-16(21)11-4-5-14(18)15(19)7-11/h2-7,13,16,22H,8-10H2,1H3/t13-,16+/m1/s1. The normalized spacial score (nSPS) is 21.6. The SMILES string of the molecule is COc1ncccc1CN1C[C@H](O)C[C@H]1c1ccc(F)c(F)c1. The van der Waals surface area contributed by atoms with Gasteiger partial charge in [0.25, 0.3) is 0 Å². The molecule has 2 aromatic rings. The van der Waals surface area contributed by atoms with E-state index in [4.69, 9.17) is 4.74 Å².